The lowest BCUT2D eigenvalue weighted by molar-refractivity contribution is 0.0458. The van der Waals surface area contributed by atoms with Gasteiger partial charge in [0.15, 0.2) is 0 Å². The van der Waals surface area contributed by atoms with Crippen molar-refractivity contribution in [2.24, 2.45) is 5.92 Å². The Balaban J connectivity index is 1.49. The average Bonchev–Trinajstić information content (AvgIpc) is 2.60. The normalized spacial score (nSPS) is 29.5. The third kappa shape index (κ3) is 2.83. The Labute approximate surface area is 136 Å². The summed E-state index contributed by atoms with van der Waals surface area (Å²) < 4.78 is 13.0. The fourth-order valence-electron chi connectivity index (χ4n) is 4.01. The van der Waals surface area contributed by atoms with Gasteiger partial charge in [0.1, 0.15) is 5.82 Å². The minimum absolute atomic E-state index is 0.219. The van der Waals surface area contributed by atoms with Gasteiger partial charge in [-0.2, -0.15) is 0 Å². The monoisotopic (exact) mass is 311 g/mol. The van der Waals surface area contributed by atoms with Crippen molar-refractivity contribution in [2.75, 3.05) is 18.4 Å². The number of hydrogen-bond donors (Lipinski definition) is 1. The molecule has 2 unspecified atom stereocenters. The summed E-state index contributed by atoms with van der Waals surface area (Å²) in [7, 11) is 0. The smallest absolute Gasteiger partial charge is 0.123 e. The van der Waals surface area contributed by atoms with Gasteiger partial charge in [-0.05, 0) is 75.2 Å². The molecule has 3 saturated heterocycles. The van der Waals surface area contributed by atoms with Crippen LogP contribution in [-0.2, 0) is 0 Å². The number of piperidine rings is 3. The first-order valence-electron chi connectivity index (χ1n) is 8.43. The Hall–Kier alpha value is -1.94. The fourth-order valence-corrected chi connectivity index (χ4v) is 4.01. The third-order valence-electron chi connectivity index (χ3n) is 5.41. The van der Waals surface area contributed by atoms with Gasteiger partial charge in [-0.3, -0.25) is 9.88 Å². The molecule has 5 rings (SSSR count). The highest BCUT2D eigenvalue weighted by Gasteiger charge is 2.39. The third-order valence-corrected chi connectivity index (χ3v) is 5.41. The second-order valence-corrected chi connectivity index (χ2v) is 6.72. The summed E-state index contributed by atoms with van der Waals surface area (Å²) in [6, 6.07) is 11.6. The molecule has 1 N–H and O–H groups in total. The number of nitrogens with one attached hydrogen (secondary N) is 1. The van der Waals surface area contributed by atoms with E-state index in [2.05, 4.69) is 28.2 Å². The van der Waals surface area contributed by atoms with Gasteiger partial charge >= 0.3 is 0 Å². The van der Waals surface area contributed by atoms with Crippen LogP contribution in [0, 0.1) is 11.7 Å². The van der Waals surface area contributed by atoms with Crippen molar-refractivity contribution in [1.29, 1.82) is 0 Å². The Morgan fingerprint density at radius 3 is 2.43 bits per heavy atom. The maximum atomic E-state index is 13.0. The maximum Gasteiger partial charge on any atom is 0.123 e. The van der Waals surface area contributed by atoms with Crippen molar-refractivity contribution in [3.8, 4) is 11.3 Å². The molecule has 0 saturated carbocycles. The van der Waals surface area contributed by atoms with Crippen LogP contribution in [0.15, 0.2) is 42.6 Å². The minimum atomic E-state index is -0.219. The number of anilines is 1. The summed E-state index contributed by atoms with van der Waals surface area (Å²) in [5, 5.41) is 3.69. The first-order valence-corrected chi connectivity index (χ1v) is 8.43. The zero-order chi connectivity index (χ0) is 15.8. The van der Waals surface area contributed by atoms with Crippen LogP contribution in [0.4, 0.5) is 10.1 Å². The molecule has 3 aliphatic heterocycles. The molecule has 1 aromatic carbocycles. The summed E-state index contributed by atoms with van der Waals surface area (Å²) >= 11 is 0. The van der Waals surface area contributed by atoms with Crippen LogP contribution in [0.2, 0.25) is 0 Å². The van der Waals surface area contributed by atoms with Crippen molar-refractivity contribution in [1.82, 2.24) is 9.88 Å². The lowest BCUT2D eigenvalue weighted by Crippen LogP contribution is -2.59. The van der Waals surface area contributed by atoms with Gasteiger partial charge in [0.25, 0.3) is 0 Å². The predicted octanol–water partition coefficient (Wildman–Crippen LogP) is 3.78. The molecule has 0 aliphatic carbocycles. The quantitative estimate of drug-likeness (QED) is 0.935. The number of pyridine rings is 1. The highest BCUT2D eigenvalue weighted by Crippen LogP contribution is 2.34. The molecule has 0 spiro atoms. The summed E-state index contributed by atoms with van der Waals surface area (Å²) in [6.45, 7) is 4.81. The van der Waals surface area contributed by atoms with Crippen molar-refractivity contribution in [3.05, 3.63) is 48.4 Å². The van der Waals surface area contributed by atoms with Gasteiger partial charge < -0.3 is 5.32 Å². The first kappa shape index (κ1) is 14.6. The molecule has 4 heteroatoms. The molecular formula is C19H22FN3. The van der Waals surface area contributed by atoms with Crippen LogP contribution in [0.3, 0.4) is 0 Å². The van der Waals surface area contributed by atoms with Crippen molar-refractivity contribution < 1.29 is 4.39 Å². The molecule has 4 heterocycles. The van der Waals surface area contributed by atoms with E-state index in [9.17, 15) is 4.39 Å². The SMILES string of the molecule is CC1C(Nc2ccc(-c3ccc(F)cc3)nc2)C2CCN1CC2. The van der Waals surface area contributed by atoms with Crippen molar-refractivity contribution >= 4 is 5.69 Å². The second kappa shape index (κ2) is 5.93. The molecule has 3 fully saturated rings. The van der Waals surface area contributed by atoms with Gasteiger partial charge in [-0.1, -0.05) is 0 Å². The molecular weight excluding hydrogens is 289 g/mol. The van der Waals surface area contributed by atoms with Gasteiger partial charge in [0, 0.05) is 17.6 Å². The van der Waals surface area contributed by atoms with E-state index < -0.39 is 0 Å². The molecule has 3 nitrogen and oxygen atoms in total. The number of rotatable bonds is 3. The Morgan fingerprint density at radius 1 is 1.09 bits per heavy atom. The van der Waals surface area contributed by atoms with Crippen LogP contribution < -0.4 is 5.32 Å². The van der Waals surface area contributed by atoms with E-state index in [1.807, 2.05) is 12.3 Å². The molecule has 120 valence electrons. The summed E-state index contributed by atoms with van der Waals surface area (Å²) in [5.41, 5.74) is 2.88. The lowest BCUT2D eigenvalue weighted by atomic mass is 9.79. The standard InChI is InChI=1S/C19H22FN3/c1-13-19(15-8-10-23(13)11-9-15)22-17-6-7-18(21-12-17)14-2-4-16(20)5-3-14/h2-7,12-13,15,19,22H,8-11H2,1H3. The minimum Gasteiger partial charge on any atom is -0.379 e. The van der Waals surface area contributed by atoms with Crippen molar-refractivity contribution in [3.63, 3.8) is 0 Å². The molecule has 1 aromatic heterocycles. The average molecular weight is 311 g/mol. The predicted molar refractivity (Wildman–Crippen MR) is 90.8 cm³/mol. The molecule has 2 aromatic rings. The molecule has 2 bridgehead atoms. The van der Waals surface area contributed by atoms with E-state index in [1.54, 1.807) is 12.1 Å². The fraction of sp³-hybridized carbons (Fsp3) is 0.421. The van der Waals surface area contributed by atoms with Gasteiger partial charge in [-0.15, -0.1) is 0 Å². The number of nitrogens with zero attached hydrogens (tertiary/aromatic N) is 2. The van der Waals surface area contributed by atoms with Gasteiger partial charge in [-0.25, -0.2) is 4.39 Å². The van der Waals surface area contributed by atoms with Crippen LogP contribution in [0.1, 0.15) is 19.8 Å². The van der Waals surface area contributed by atoms with Gasteiger partial charge in [0.2, 0.25) is 0 Å². The number of benzene rings is 1. The van der Waals surface area contributed by atoms with Crippen LogP contribution in [0.25, 0.3) is 11.3 Å². The van der Waals surface area contributed by atoms with Crippen LogP contribution >= 0.6 is 0 Å². The van der Waals surface area contributed by atoms with E-state index in [1.165, 1.54) is 38.1 Å². The number of halogens is 1. The highest BCUT2D eigenvalue weighted by atomic mass is 19.1. The van der Waals surface area contributed by atoms with Crippen LogP contribution in [-0.4, -0.2) is 35.1 Å². The Kier molecular flexibility index (Phi) is 3.77. The number of hydrogen-bond acceptors (Lipinski definition) is 3. The highest BCUT2D eigenvalue weighted by molar-refractivity contribution is 5.61. The van der Waals surface area contributed by atoms with Crippen molar-refractivity contribution in [2.45, 2.75) is 31.8 Å². The topological polar surface area (TPSA) is 28.2 Å². The zero-order valence-electron chi connectivity index (χ0n) is 13.4. The van der Waals surface area contributed by atoms with E-state index >= 15 is 0 Å². The molecule has 0 radical (unpaired) electrons. The number of fused-ring (bicyclic) bond motifs is 3. The van der Waals surface area contributed by atoms with E-state index in [4.69, 9.17) is 0 Å². The van der Waals surface area contributed by atoms with Crippen LogP contribution in [0.5, 0.6) is 0 Å². The molecule has 23 heavy (non-hydrogen) atoms. The van der Waals surface area contributed by atoms with E-state index in [-0.39, 0.29) is 5.82 Å². The lowest BCUT2D eigenvalue weighted by Gasteiger charge is -2.50. The molecule has 2 atom stereocenters. The van der Waals surface area contributed by atoms with Gasteiger partial charge in [0.05, 0.1) is 17.6 Å². The first-order chi connectivity index (χ1) is 11.2. The summed E-state index contributed by atoms with van der Waals surface area (Å²) in [5.74, 6) is 0.551. The maximum absolute atomic E-state index is 13.0. The van der Waals surface area contributed by atoms with E-state index in [0.29, 0.717) is 12.1 Å². The largest absolute Gasteiger partial charge is 0.379 e. The summed E-state index contributed by atoms with van der Waals surface area (Å²) in [4.78, 5) is 7.11. The Morgan fingerprint density at radius 2 is 1.83 bits per heavy atom. The Bertz CT molecular complexity index is 658. The molecule has 0 amide bonds. The van der Waals surface area contributed by atoms with E-state index in [0.717, 1.165) is 22.9 Å². The number of aromatic nitrogens is 1. The molecule has 3 aliphatic rings. The zero-order valence-corrected chi connectivity index (χ0v) is 13.4. The summed E-state index contributed by atoms with van der Waals surface area (Å²) in [6.07, 6.45) is 4.48. The second-order valence-electron chi connectivity index (χ2n) is 6.72.